The van der Waals surface area contributed by atoms with Crippen molar-refractivity contribution < 1.29 is 33.8 Å². The van der Waals surface area contributed by atoms with Crippen molar-refractivity contribution in [3.8, 4) is 5.75 Å². The summed E-state index contributed by atoms with van der Waals surface area (Å²) in [5.41, 5.74) is 0.130. The van der Waals surface area contributed by atoms with E-state index in [1.165, 1.54) is 11.1 Å². The number of likely N-dealkylation sites (tertiary alicyclic amines) is 1. The number of nitrogens with zero attached hydrogens (tertiary/aromatic N) is 3. The summed E-state index contributed by atoms with van der Waals surface area (Å²) in [4.78, 5) is 59.2. The Hall–Kier alpha value is -4.45. The number of rotatable bonds is 12. The van der Waals surface area contributed by atoms with Crippen LogP contribution in [0.4, 0.5) is 0 Å². The fourth-order valence-corrected chi connectivity index (χ4v) is 5.25. The van der Waals surface area contributed by atoms with Crippen LogP contribution in [0.3, 0.4) is 0 Å². The molecule has 1 saturated heterocycles. The molecule has 2 aromatic heterocycles. The van der Waals surface area contributed by atoms with E-state index in [0.29, 0.717) is 30.8 Å². The number of benzene rings is 1. The van der Waals surface area contributed by atoms with E-state index in [9.17, 15) is 24.3 Å². The van der Waals surface area contributed by atoms with Gasteiger partial charge >= 0.3 is 5.97 Å². The monoisotopic (exact) mass is 621 g/mol. The highest BCUT2D eigenvalue weighted by atomic mass is 16.6. The van der Waals surface area contributed by atoms with Crippen LogP contribution in [-0.4, -0.2) is 86.1 Å². The molecule has 1 unspecified atom stereocenters. The maximum absolute atomic E-state index is 13.8. The molecule has 3 amide bonds. The third kappa shape index (κ3) is 8.81. The van der Waals surface area contributed by atoms with Crippen LogP contribution in [0.25, 0.3) is 5.65 Å². The maximum Gasteiger partial charge on any atom is 0.308 e. The van der Waals surface area contributed by atoms with Gasteiger partial charge in [0.25, 0.3) is 5.91 Å². The van der Waals surface area contributed by atoms with E-state index < -0.39 is 47.6 Å². The molecule has 3 N–H and O–H groups in total. The number of pyridine rings is 1. The topological polar surface area (TPSA) is 152 Å². The highest BCUT2D eigenvalue weighted by molar-refractivity contribution is 5.98. The van der Waals surface area contributed by atoms with Crippen molar-refractivity contribution in [2.75, 3.05) is 13.2 Å². The molecular weight excluding hydrogens is 578 g/mol. The summed E-state index contributed by atoms with van der Waals surface area (Å²) < 4.78 is 12.8. The first-order valence-corrected chi connectivity index (χ1v) is 15.3. The average Bonchev–Trinajstić information content (AvgIpc) is 3.65. The van der Waals surface area contributed by atoms with Gasteiger partial charge in [-0.3, -0.25) is 23.6 Å². The van der Waals surface area contributed by atoms with Crippen LogP contribution in [0, 0.1) is 5.92 Å². The van der Waals surface area contributed by atoms with Crippen molar-refractivity contribution in [3.05, 3.63) is 66.6 Å². The third-order valence-electron chi connectivity index (χ3n) is 7.47. The van der Waals surface area contributed by atoms with Crippen LogP contribution >= 0.6 is 0 Å². The molecule has 0 spiro atoms. The SMILES string of the molecule is CC(C)[C@H](NC(=O)c1cnc2ccccn12)C(=O)N1CCC[C@H]1C(=O)N[C@@H](CC(=O)OC(C)(C)C)C(O)COc1ccccc1. The number of hydrogen-bond donors (Lipinski definition) is 3. The number of aliphatic hydroxyl groups excluding tert-OH is 1. The number of hydrogen-bond acceptors (Lipinski definition) is 8. The molecule has 3 aromatic rings. The molecule has 3 heterocycles. The number of para-hydroxylation sites is 1. The summed E-state index contributed by atoms with van der Waals surface area (Å²) in [6, 6.07) is 11.5. The molecule has 1 aromatic carbocycles. The molecule has 242 valence electrons. The molecule has 4 rings (SSSR count). The Labute approximate surface area is 263 Å². The number of aliphatic hydroxyl groups is 1. The summed E-state index contributed by atoms with van der Waals surface area (Å²) >= 11 is 0. The van der Waals surface area contributed by atoms with Crippen LogP contribution < -0.4 is 15.4 Å². The number of aromatic nitrogens is 2. The van der Waals surface area contributed by atoms with Gasteiger partial charge in [0.1, 0.15) is 47.5 Å². The predicted molar refractivity (Wildman–Crippen MR) is 166 cm³/mol. The lowest BCUT2D eigenvalue weighted by Gasteiger charge is -2.32. The van der Waals surface area contributed by atoms with Crippen LogP contribution in [0.2, 0.25) is 0 Å². The molecule has 0 saturated carbocycles. The van der Waals surface area contributed by atoms with Crippen molar-refractivity contribution >= 4 is 29.3 Å². The minimum Gasteiger partial charge on any atom is -0.491 e. The predicted octanol–water partition coefficient (Wildman–Crippen LogP) is 2.74. The van der Waals surface area contributed by atoms with Crippen molar-refractivity contribution in [2.45, 2.75) is 83.7 Å². The number of carbonyl (C=O) groups excluding carboxylic acids is 4. The molecule has 1 aliphatic rings. The lowest BCUT2D eigenvalue weighted by Crippen LogP contribution is -2.57. The Bertz CT molecular complexity index is 1480. The van der Waals surface area contributed by atoms with Gasteiger partial charge in [0.05, 0.1) is 18.7 Å². The highest BCUT2D eigenvalue weighted by Crippen LogP contribution is 2.22. The van der Waals surface area contributed by atoms with E-state index in [1.807, 2.05) is 26.0 Å². The zero-order valence-corrected chi connectivity index (χ0v) is 26.4. The van der Waals surface area contributed by atoms with Crippen molar-refractivity contribution in [1.82, 2.24) is 24.9 Å². The summed E-state index contributed by atoms with van der Waals surface area (Å²) in [6.07, 6.45) is 2.59. The van der Waals surface area contributed by atoms with E-state index >= 15 is 0 Å². The van der Waals surface area contributed by atoms with E-state index in [1.54, 1.807) is 67.8 Å². The molecule has 1 fully saturated rings. The van der Waals surface area contributed by atoms with Crippen LogP contribution in [-0.2, 0) is 19.1 Å². The summed E-state index contributed by atoms with van der Waals surface area (Å²) in [5.74, 6) is -1.70. The molecule has 0 bridgehead atoms. The number of amides is 3. The number of esters is 1. The van der Waals surface area contributed by atoms with Crippen LogP contribution in [0.5, 0.6) is 5.75 Å². The fraction of sp³-hybridized carbons (Fsp3) is 0.485. The number of imidazole rings is 1. The number of fused-ring (bicyclic) bond motifs is 1. The fourth-order valence-electron chi connectivity index (χ4n) is 5.25. The second-order valence-electron chi connectivity index (χ2n) is 12.6. The quantitative estimate of drug-likeness (QED) is 0.261. The normalized spacial score (nSPS) is 17.0. The lowest BCUT2D eigenvalue weighted by atomic mass is 10.0. The third-order valence-corrected chi connectivity index (χ3v) is 7.47. The first kappa shape index (κ1) is 33.4. The highest BCUT2D eigenvalue weighted by Gasteiger charge is 2.40. The van der Waals surface area contributed by atoms with Gasteiger partial charge in [0, 0.05) is 12.7 Å². The molecular formula is C33H43N5O7. The van der Waals surface area contributed by atoms with Crippen molar-refractivity contribution in [1.29, 1.82) is 0 Å². The Morgan fingerprint density at radius 3 is 2.44 bits per heavy atom. The Morgan fingerprint density at radius 2 is 1.76 bits per heavy atom. The van der Waals surface area contributed by atoms with Crippen molar-refractivity contribution in [3.63, 3.8) is 0 Å². The summed E-state index contributed by atoms with van der Waals surface area (Å²) in [7, 11) is 0. The van der Waals surface area contributed by atoms with E-state index in [2.05, 4.69) is 15.6 Å². The minimum atomic E-state index is -1.25. The van der Waals surface area contributed by atoms with Crippen LogP contribution in [0.15, 0.2) is 60.9 Å². The largest absolute Gasteiger partial charge is 0.491 e. The second kappa shape index (κ2) is 14.6. The van der Waals surface area contributed by atoms with E-state index in [0.717, 1.165) is 0 Å². The molecule has 1 aliphatic heterocycles. The van der Waals surface area contributed by atoms with Gasteiger partial charge in [-0.15, -0.1) is 0 Å². The first-order chi connectivity index (χ1) is 21.3. The molecule has 12 nitrogen and oxygen atoms in total. The number of ether oxygens (including phenoxy) is 2. The molecule has 0 aliphatic carbocycles. The van der Waals surface area contributed by atoms with Gasteiger partial charge in [0.2, 0.25) is 11.8 Å². The Balaban J connectivity index is 1.46. The second-order valence-corrected chi connectivity index (χ2v) is 12.6. The maximum atomic E-state index is 13.8. The van der Waals surface area contributed by atoms with Gasteiger partial charge in [-0.25, -0.2) is 4.98 Å². The standard InChI is InChI=1S/C33H43N5O7/c1-21(2)29(36-31(42)25-19-34-27-15-9-10-16-37(25)27)32(43)38-17-11-14-24(38)30(41)35-23(18-28(40)45-33(3,4)5)26(39)20-44-22-12-7-6-8-13-22/h6-10,12-13,15-16,19,21,23-24,26,29,39H,11,14,17-18,20H2,1-5H3,(H,35,41)(H,36,42)/t23-,24-,26?,29-/m0/s1. The lowest BCUT2D eigenvalue weighted by molar-refractivity contribution is -0.156. The Morgan fingerprint density at radius 1 is 1.04 bits per heavy atom. The summed E-state index contributed by atoms with van der Waals surface area (Å²) in [6.45, 7) is 8.97. The van der Waals surface area contributed by atoms with E-state index in [4.69, 9.17) is 9.47 Å². The van der Waals surface area contributed by atoms with Gasteiger partial charge < -0.3 is 30.1 Å². The number of nitrogens with one attached hydrogen (secondary N) is 2. The van der Waals surface area contributed by atoms with Gasteiger partial charge in [-0.1, -0.05) is 38.1 Å². The minimum absolute atomic E-state index is 0.185. The van der Waals surface area contributed by atoms with Gasteiger partial charge in [0.15, 0.2) is 0 Å². The average molecular weight is 622 g/mol. The molecule has 45 heavy (non-hydrogen) atoms. The zero-order valence-electron chi connectivity index (χ0n) is 26.4. The Kier molecular flexibility index (Phi) is 10.8. The molecule has 12 heteroatoms. The van der Waals surface area contributed by atoms with Crippen LogP contribution in [0.1, 0.15) is 64.4 Å². The van der Waals surface area contributed by atoms with Gasteiger partial charge in [-0.2, -0.15) is 0 Å². The summed E-state index contributed by atoms with van der Waals surface area (Å²) in [5, 5.41) is 16.7. The number of carbonyl (C=O) groups is 4. The van der Waals surface area contributed by atoms with E-state index in [-0.39, 0.29) is 30.5 Å². The molecule has 0 radical (unpaired) electrons. The molecule has 4 atom stereocenters. The smallest absolute Gasteiger partial charge is 0.308 e. The first-order valence-electron chi connectivity index (χ1n) is 15.3. The zero-order chi connectivity index (χ0) is 32.7. The van der Waals surface area contributed by atoms with Gasteiger partial charge in [-0.05, 0) is 63.8 Å². The van der Waals surface area contributed by atoms with Crippen molar-refractivity contribution in [2.24, 2.45) is 5.92 Å².